The van der Waals surface area contributed by atoms with Crippen molar-refractivity contribution in [2.24, 2.45) is 0 Å². The van der Waals surface area contributed by atoms with Crippen molar-refractivity contribution >= 4 is 15.7 Å². The second-order valence-corrected chi connectivity index (χ2v) is 6.15. The van der Waals surface area contributed by atoms with Gasteiger partial charge in [-0.3, -0.25) is 4.72 Å². The van der Waals surface area contributed by atoms with Crippen molar-refractivity contribution in [3.05, 3.63) is 42.2 Å². The van der Waals surface area contributed by atoms with Gasteiger partial charge in [0.15, 0.2) is 23.1 Å². The highest BCUT2D eigenvalue weighted by Gasteiger charge is 2.17. The predicted molar refractivity (Wildman–Crippen MR) is 83.3 cm³/mol. The Kier molecular flexibility index (Phi) is 4.95. The number of methoxy groups -OCH3 is 3. The van der Waals surface area contributed by atoms with Crippen molar-refractivity contribution in [3.63, 3.8) is 0 Å². The quantitative estimate of drug-likeness (QED) is 0.874. The Morgan fingerprint density at radius 3 is 2.04 bits per heavy atom. The van der Waals surface area contributed by atoms with Crippen LogP contribution in [0, 0.1) is 5.82 Å². The van der Waals surface area contributed by atoms with E-state index in [1.807, 2.05) is 0 Å². The van der Waals surface area contributed by atoms with Crippen LogP contribution >= 0.6 is 0 Å². The summed E-state index contributed by atoms with van der Waals surface area (Å²) in [4.78, 5) is -0.217. The fraction of sp³-hybridized carbons (Fsp3) is 0.200. The van der Waals surface area contributed by atoms with Gasteiger partial charge in [0, 0.05) is 6.07 Å². The van der Waals surface area contributed by atoms with Gasteiger partial charge in [-0.05, 0) is 30.3 Å². The zero-order valence-corrected chi connectivity index (χ0v) is 13.6. The highest BCUT2D eigenvalue weighted by molar-refractivity contribution is 7.92. The number of hydrogen-bond acceptors (Lipinski definition) is 5. The minimum Gasteiger partial charge on any atom is -0.494 e. The predicted octanol–water partition coefficient (Wildman–Crippen LogP) is 2.65. The Balaban J connectivity index is 2.33. The molecule has 23 heavy (non-hydrogen) atoms. The van der Waals surface area contributed by atoms with E-state index in [1.165, 1.54) is 45.6 Å². The fourth-order valence-corrected chi connectivity index (χ4v) is 2.99. The minimum atomic E-state index is -3.95. The standard InChI is InChI=1S/C15H16FNO5S/c1-20-13-7-5-11(9-12(13)16)23(18,19)17-10-4-6-14(21-2)15(8-10)22-3/h4-9,17H,1-3H3. The zero-order valence-electron chi connectivity index (χ0n) is 12.8. The molecular weight excluding hydrogens is 325 g/mol. The number of anilines is 1. The van der Waals surface area contributed by atoms with Crippen molar-refractivity contribution in [1.29, 1.82) is 0 Å². The third-order valence-electron chi connectivity index (χ3n) is 3.07. The van der Waals surface area contributed by atoms with Crippen molar-refractivity contribution in [3.8, 4) is 17.2 Å². The molecule has 2 aromatic carbocycles. The molecule has 124 valence electrons. The molecule has 2 rings (SSSR count). The van der Waals surface area contributed by atoms with Crippen LogP contribution in [0.3, 0.4) is 0 Å². The largest absolute Gasteiger partial charge is 0.494 e. The van der Waals surface area contributed by atoms with Crippen molar-refractivity contribution in [2.75, 3.05) is 26.1 Å². The lowest BCUT2D eigenvalue weighted by molar-refractivity contribution is 0.355. The number of ether oxygens (including phenoxy) is 3. The van der Waals surface area contributed by atoms with Crippen molar-refractivity contribution < 1.29 is 27.0 Å². The molecule has 0 aliphatic heterocycles. The summed E-state index contributed by atoms with van der Waals surface area (Å²) in [5.41, 5.74) is 0.263. The molecule has 0 fully saturated rings. The second-order valence-electron chi connectivity index (χ2n) is 4.47. The van der Waals surface area contributed by atoms with E-state index in [2.05, 4.69) is 4.72 Å². The molecular formula is C15H16FNO5S. The molecule has 0 aliphatic rings. The van der Waals surface area contributed by atoms with Gasteiger partial charge < -0.3 is 14.2 Å². The van der Waals surface area contributed by atoms with Crippen molar-refractivity contribution in [2.45, 2.75) is 4.90 Å². The van der Waals surface area contributed by atoms with Crippen LogP contribution in [0.4, 0.5) is 10.1 Å². The summed E-state index contributed by atoms with van der Waals surface area (Å²) < 4.78 is 55.6. The van der Waals surface area contributed by atoms with E-state index in [-0.39, 0.29) is 16.3 Å². The summed E-state index contributed by atoms with van der Waals surface area (Å²) in [6, 6.07) is 7.94. The number of halogens is 1. The topological polar surface area (TPSA) is 73.9 Å². The third-order valence-corrected chi connectivity index (χ3v) is 4.45. The van der Waals surface area contributed by atoms with Gasteiger partial charge in [-0.1, -0.05) is 0 Å². The lowest BCUT2D eigenvalue weighted by atomic mass is 10.3. The number of benzene rings is 2. The van der Waals surface area contributed by atoms with Crippen LogP contribution in [0.5, 0.6) is 17.2 Å². The fourth-order valence-electron chi connectivity index (χ4n) is 1.93. The van der Waals surface area contributed by atoms with Gasteiger partial charge in [-0.25, -0.2) is 12.8 Å². The van der Waals surface area contributed by atoms with Crippen LogP contribution in [0.15, 0.2) is 41.3 Å². The van der Waals surface area contributed by atoms with Crippen LogP contribution in [0.2, 0.25) is 0 Å². The summed E-state index contributed by atoms with van der Waals surface area (Å²) in [6.45, 7) is 0. The summed E-state index contributed by atoms with van der Waals surface area (Å²) >= 11 is 0. The lowest BCUT2D eigenvalue weighted by Crippen LogP contribution is -2.13. The van der Waals surface area contributed by atoms with Gasteiger partial charge in [0.1, 0.15) is 0 Å². The Morgan fingerprint density at radius 2 is 1.48 bits per heavy atom. The maximum absolute atomic E-state index is 13.7. The average Bonchev–Trinajstić information content (AvgIpc) is 2.54. The monoisotopic (exact) mass is 341 g/mol. The molecule has 0 amide bonds. The van der Waals surface area contributed by atoms with Gasteiger partial charge in [0.2, 0.25) is 0 Å². The molecule has 2 aromatic rings. The van der Waals surface area contributed by atoms with E-state index in [0.717, 1.165) is 6.07 Å². The molecule has 1 N–H and O–H groups in total. The van der Waals surface area contributed by atoms with E-state index in [0.29, 0.717) is 11.5 Å². The first kappa shape index (κ1) is 16.9. The van der Waals surface area contributed by atoms with E-state index in [9.17, 15) is 12.8 Å². The van der Waals surface area contributed by atoms with Crippen molar-refractivity contribution in [1.82, 2.24) is 0 Å². The second kappa shape index (κ2) is 6.74. The summed E-state index contributed by atoms with van der Waals surface area (Å²) in [6.07, 6.45) is 0. The van der Waals surface area contributed by atoms with E-state index in [4.69, 9.17) is 14.2 Å². The molecule has 0 saturated heterocycles. The van der Waals surface area contributed by atoms with Crippen LogP contribution in [0.25, 0.3) is 0 Å². The van der Waals surface area contributed by atoms with E-state index in [1.54, 1.807) is 6.07 Å². The van der Waals surface area contributed by atoms with Gasteiger partial charge in [-0.15, -0.1) is 0 Å². The lowest BCUT2D eigenvalue weighted by Gasteiger charge is -2.12. The van der Waals surface area contributed by atoms with Gasteiger partial charge >= 0.3 is 0 Å². The number of rotatable bonds is 6. The normalized spacial score (nSPS) is 11.0. The summed E-state index contributed by atoms with van der Waals surface area (Å²) in [5, 5.41) is 0. The Morgan fingerprint density at radius 1 is 0.870 bits per heavy atom. The Bertz CT molecular complexity index is 808. The molecule has 0 saturated carbocycles. The van der Waals surface area contributed by atoms with Crippen LogP contribution in [-0.4, -0.2) is 29.7 Å². The summed E-state index contributed by atoms with van der Waals surface area (Å²) in [7, 11) is 0.266. The minimum absolute atomic E-state index is 0.0323. The van der Waals surface area contributed by atoms with Crippen LogP contribution in [0.1, 0.15) is 0 Å². The SMILES string of the molecule is COc1ccc(S(=O)(=O)Nc2ccc(OC)c(OC)c2)cc1F. The maximum atomic E-state index is 13.7. The molecule has 0 bridgehead atoms. The Hall–Kier alpha value is -2.48. The molecule has 0 unspecified atom stereocenters. The van der Waals surface area contributed by atoms with Gasteiger partial charge in [0.05, 0.1) is 31.9 Å². The van der Waals surface area contributed by atoms with Gasteiger partial charge in [-0.2, -0.15) is 0 Å². The molecule has 8 heteroatoms. The van der Waals surface area contributed by atoms with E-state index < -0.39 is 15.8 Å². The molecule has 0 spiro atoms. The third kappa shape index (κ3) is 3.65. The number of hydrogen-bond donors (Lipinski definition) is 1. The zero-order chi connectivity index (χ0) is 17.0. The molecule has 0 atom stereocenters. The van der Waals surface area contributed by atoms with Gasteiger partial charge in [0.25, 0.3) is 10.0 Å². The molecule has 0 radical (unpaired) electrons. The first-order chi connectivity index (χ1) is 10.9. The van der Waals surface area contributed by atoms with Crippen LogP contribution < -0.4 is 18.9 Å². The average molecular weight is 341 g/mol. The maximum Gasteiger partial charge on any atom is 0.262 e. The summed E-state index contributed by atoms with van der Waals surface area (Å²) in [5.74, 6) is 0.0392. The van der Waals surface area contributed by atoms with Crippen LogP contribution in [-0.2, 0) is 10.0 Å². The smallest absolute Gasteiger partial charge is 0.262 e. The number of sulfonamides is 1. The highest BCUT2D eigenvalue weighted by Crippen LogP contribution is 2.31. The number of nitrogens with one attached hydrogen (secondary N) is 1. The van der Waals surface area contributed by atoms with E-state index >= 15 is 0 Å². The molecule has 6 nitrogen and oxygen atoms in total. The Labute approximate surface area is 133 Å². The molecule has 0 heterocycles. The highest BCUT2D eigenvalue weighted by atomic mass is 32.2. The first-order valence-electron chi connectivity index (χ1n) is 6.49. The first-order valence-corrected chi connectivity index (χ1v) is 7.98. The molecule has 0 aliphatic carbocycles. The molecule has 0 aromatic heterocycles.